The van der Waals surface area contributed by atoms with Crippen molar-refractivity contribution in [3.05, 3.63) is 11.6 Å². The second-order valence-corrected chi connectivity index (χ2v) is 4.41. The van der Waals surface area contributed by atoms with Crippen LogP contribution in [0.5, 0.6) is 0 Å². The molecule has 0 aromatic rings. The van der Waals surface area contributed by atoms with E-state index in [2.05, 4.69) is 26.8 Å². The number of allylic oxidation sites excluding steroid dienone is 2. The molecule has 13 heavy (non-hydrogen) atoms. The van der Waals surface area contributed by atoms with Gasteiger partial charge < -0.3 is 0 Å². The molecule has 0 amide bonds. The van der Waals surface area contributed by atoms with Gasteiger partial charge in [0.15, 0.2) is 0 Å². The Bertz CT molecular complexity index is 167. The summed E-state index contributed by atoms with van der Waals surface area (Å²) in [5.41, 5.74) is 1.73. The van der Waals surface area contributed by atoms with Crippen molar-refractivity contribution in [3.8, 4) is 0 Å². The summed E-state index contributed by atoms with van der Waals surface area (Å²) in [5, 5.41) is 0. The van der Waals surface area contributed by atoms with Crippen LogP contribution in [0.15, 0.2) is 11.6 Å². The molecule has 0 bridgehead atoms. The molecular weight excluding hydrogens is 156 g/mol. The van der Waals surface area contributed by atoms with E-state index in [1.165, 1.54) is 38.5 Å². The van der Waals surface area contributed by atoms with Crippen molar-refractivity contribution in [2.45, 2.75) is 59.3 Å². The topological polar surface area (TPSA) is 0 Å². The average Bonchev–Trinajstić information content (AvgIpc) is 2.16. The van der Waals surface area contributed by atoms with E-state index in [4.69, 9.17) is 0 Å². The lowest BCUT2D eigenvalue weighted by molar-refractivity contribution is 0.288. The summed E-state index contributed by atoms with van der Waals surface area (Å²) < 4.78 is 0. The van der Waals surface area contributed by atoms with E-state index < -0.39 is 0 Å². The lowest BCUT2D eigenvalue weighted by atomic mass is 9.75. The van der Waals surface area contributed by atoms with Crippen molar-refractivity contribution in [1.29, 1.82) is 0 Å². The summed E-state index contributed by atoms with van der Waals surface area (Å²) >= 11 is 0. The summed E-state index contributed by atoms with van der Waals surface area (Å²) in [6, 6.07) is 0. The van der Waals surface area contributed by atoms with Gasteiger partial charge in [-0.3, -0.25) is 0 Å². The molecule has 1 aliphatic rings. The van der Waals surface area contributed by atoms with Crippen molar-refractivity contribution in [1.82, 2.24) is 0 Å². The molecule has 0 aromatic heterocycles. The summed E-state index contributed by atoms with van der Waals surface area (Å²) in [5.74, 6) is 1.85. The maximum atomic E-state index is 2.46. The van der Waals surface area contributed by atoms with Crippen LogP contribution >= 0.6 is 0 Å². The molecule has 1 rings (SSSR count). The number of rotatable bonds is 3. The third-order valence-electron chi connectivity index (χ3n) is 3.46. The first-order valence-corrected chi connectivity index (χ1v) is 5.98. The van der Waals surface area contributed by atoms with Crippen molar-refractivity contribution < 1.29 is 0 Å². The predicted molar refractivity (Wildman–Crippen MR) is 59.8 cm³/mol. The van der Waals surface area contributed by atoms with Crippen LogP contribution in [0.25, 0.3) is 0 Å². The van der Waals surface area contributed by atoms with Crippen LogP contribution in [0.4, 0.5) is 0 Å². The van der Waals surface area contributed by atoms with Gasteiger partial charge >= 0.3 is 0 Å². The molecule has 2 atom stereocenters. The minimum Gasteiger partial charge on any atom is -0.0853 e. The Morgan fingerprint density at radius 3 is 2.46 bits per heavy atom. The highest BCUT2D eigenvalue weighted by molar-refractivity contribution is 5.08. The normalized spacial score (nSPS) is 30.5. The van der Waals surface area contributed by atoms with Crippen LogP contribution in [0, 0.1) is 11.8 Å². The minimum absolute atomic E-state index is 0.915. The Balaban J connectivity index is 2.60. The van der Waals surface area contributed by atoms with E-state index in [0.717, 1.165) is 11.8 Å². The summed E-state index contributed by atoms with van der Waals surface area (Å²) in [6.45, 7) is 6.99. The Labute approximate surface area is 83.4 Å². The van der Waals surface area contributed by atoms with Gasteiger partial charge in [0.1, 0.15) is 0 Å². The maximum Gasteiger partial charge on any atom is -0.0178 e. The fourth-order valence-electron chi connectivity index (χ4n) is 2.69. The van der Waals surface area contributed by atoms with Crippen molar-refractivity contribution >= 4 is 0 Å². The molecule has 76 valence electrons. The molecular formula is C13H24. The van der Waals surface area contributed by atoms with Gasteiger partial charge in [0.05, 0.1) is 0 Å². The largest absolute Gasteiger partial charge is 0.0853 e. The third-order valence-corrected chi connectivity index (χ3v) is 3.46. The lowest BCUT2D eigenvalue weighted by Crippen LogP contribution is -2.18. The Hall–Kier alpha value is -0.260. The number of hydrogen-bond donors (Lipinski definition) is 0. The molecule has 1 saturated carbocycles. The minimum atomic E-state index is 0.915. The highest BCUT2D eigenvalue weighted by Gasteiger charge is 2.23. The second-order valence-electron chi connectivity index (χ2n) is 4.41. The zero-order chi connectivity index (χ0) is 9.68. The van der Waals surface area contributed by atoms with Gasteiger partial charge in [0, 0.05) is 0 Å². The first-order chi connectivity index (χ1) is 6.29. The van der Waals surface area contributed by atoms with Crippen molar-refractivity contribution in [3.63, 3.8) is 0 Å². The SMILES string of the molecule is CCC=C(CC)C1CCCCC1C. The molecule has 0 heterocycles. The smallest absolute Gasteiger partial charge is 0.0178 e. The monoisotopic (exact) mass is 180 g/mol. The van der Waals surface area contributed by atoms with Crippen LogP contribution < -0.4 is 0 Å². The quantitative estimate of drug-likeness (QED) is 0.558. The fourth-order valence-corrected chi connectivity index (χ4v) is 2.69. The van der Waals surface area contributed by atoms with Crippen molar-refractivity contribution in [2.24, 2.45) is 11.8 Å². The predicted octanol–water partition coefficient (Wildman–Crippen LogP) is 4.56. The van der Waals surface area contributed by atoms with Gasteiger partial charge in [-0.05, 0) is 31.1 Å². The van der Waals surface area contributed by atoms with Crippen LogP contribution in [0.2, 0.25) is 0 Å². The third kappa shape index (κ3) is 2.86. The maximum absolute atomic E-state index is 2.46. The fraction of sp³-hybridized carbons (Fsp3) is 0.846. The van der Waals surface area contributed by atoms with E-state index in [1.54, 1.807) is 5.57 Å². The van der Waals surface area contributed by atoms with E-state index in [9.17, 15) is 0 Å². The van der Waals surface area contributed by atoms with Gasteiger partial charge in [-0.15, -0.1) is 0 Å². The van der Waals surface area contributed by atoms with E-state index in [-0.39, 0.29) is 0 Å². The molecule has 0 saturated heterocycles. The molecule has 0 radical (unpaired) electrons. The van der Waals surface area contributed by atoms with E-state index in [0.29, 0.717) is 0 Å². The zero-order valence-electron chi connectivity index (χ0n) is 9.47. The first-order valence-electron chi connectivity index (χ1n) is 5.98. The van der Waals surface area contributed by atoms with E-state index >= 15 is 0 Å². The molecule has 1 aliphatic carbocycles. The second kappa shape index (κ2) is 5.47. The highest BCUT2D eigenvalue weighted by Crippen LogP contribution is 2.35. The van der Waals surface area contributed by atoms with Crippen LogP contribution in [-0.4, -0.2) is 0 Å². The molecule has 0 aromatic carbocycles. The first kappa shape index (κ1) is 10.8. The van der Waals surface area contributed by atoms with Gasteiger partial charge in [-0.25, -0.2) is 0 Å². The molecule has 0 heteroatoms. The van der Waals surface area contributed by atoms with E-state index in [1.807, 2.05) is 0 Å². The molecule has 0 spiro atoms. The zero-order valence-corrected chi connectivity index (χ0v) is 9.47. The summed E-state index contributed by atoms with van der Waals surface area (Å²) in [7, 11) is 0. The van der Waals surface area contributed by atoms with Gasteiger partial charge in [-0.2, -0.15) is 0 Å². The molecule has 0 N–H and O–H groups in total. The Kier molecular flexibility index (Phi) is 4.55. The Morgan fingerprint density at radius 1 is 1.23 bits per heavy atom. The molecule has 0 nitrogen and oxygen atoms in total. The van der Waals surface area contributed by atoms with Crippen LogP contribution in [0.3, 0.4) is 0 Å². The van der Waals surface area contributed by atoms with Gasteiger partial charge in [0.2, 0.25) is 0 Å². The standard InChI is InChI=1S/C13H24/c1-4-8-12(5-2)13-10-7-6-9-11(13)3/h8,11,13H,4-7,9-10H2,1-3H3. The Morgan fingerprint density at radius 2 is 1.92 bits per heavy atom. The highest BCUT2D eigenvalue weighted by atomic mass is 14.3. The average molecular weight is 180 g/mol. The van der Waals surface area contributed by atoms with Gasteiger partial charge in [0.25, 0.3) is 0 Å². The van der Waals surface area contributed by atoms with Crippen molar-refractivity contribution in [2.75, 3.05) is 0 Å². The lowest BCUT2D eigenvalue weighted by Gasteiger charge is -2.30. The molecule has 1 fully saturated rings. The van der Waals surface area contributed by atoms with Crippen LogP contribution in [0.1, 0.15) is 59.3 Å². The summed E-state index contributed by atoms with van der Waals surface area (Å²) in [6.07, 6.45) is 10.8. The summed E-state index contributed by atoms with van der Waals surface area (Å²) in [4.78, 5) is 0. The molecule has 2 unspecified atom stereocenters. The molecule has 0 aliphatic heterocycles. The number of hydrogen-bond acceptors (Lipinski definition) is 0. The van der Waals surface area contributed by atoms with Gasteiger partial charge in [-0.1, -0.05) is 51.7 Å². The van der Waals surface area contributed by atoms with Crippen LogP contribution in [-0.2, 0) is 0 Å².